The molecule has 0 spiro atoms. The predicted octanol–water partition coefficient (Wildman–Crippen LogP) is 2.60. The van der Waals surface area contributed by atoms with Crippen LogP contribution in [0.4, 0.5) is 5.69 Å². The molecule has 1 aromatic heterocycles. The van der Waals surface area contributed by atoms with Crippen molar-refractivity contribution >= 4 is 17.3 Å². The molecule has 0 aliphatic heterocycles. The molecular formula is C13H14ClN3O2. The van der Waals surface area contributed by atoms with Crippen LogP contribution in [0.25, 0.3) is 0 Å². The van der Waals surface area contributed by atoms with E-state index in [9.17, 15) is 10.1 Å². The van der Waals surface area contributed by atoms with E-state index in [0.717, 1.165) is 12.1 Å². The first-order chi connectivity index (χ1) is 9.11. The van der Waals surface area contributed by atoms with Crippen LogP contribution in [0.5, 0.6) is 0 Å². The van der Waals surface area contributed by atoms with Crippen LogP contribution >= 0.6 is 11.6 Å². The number of hydrogen-bond donors (Lipinski definition) is 1. The van der Waals surface area contributed by atoms with Crippen LogP contribution in [-0.2, 0) is 13.0 Å². The van der Waals surface area contributed by atoms with Crippen molar-refractivity contribution in [3.8, 4) is 0 Å². The summed E-state index contributed by atoms with van der Waals surface area (Å²) in [5, 5.41) is 11.4. The molecule has 2 aromatic rings. The highest BCUT2D eigenvalue weighted by molar-refractivity contribution is 6.30. The second-order valence-electron chi connectivity index (χ2n) is 4.20. The number of nitrogens with two attached hydrogens (primary N) is 1. The van der Waals surface area contributed by atoms with Gasteiger partial charge in [-0.1, -0.05) is 11.6 Å². The fraction of sp³-hybridized carbons (Fsp3) is 0.231. The van der Waals surface area contributed by atoms with E-state index in [2.05, 4.69) is 0 Å². The Bertz CT molecular complexity index is 595. The van der Waals surface area contributed by atoms with Gasteiger partial charge in [-0.25, -0.2) is 0 Å². The Labute approximate surface area is 115 Å². The minimum Gasteiger partial charge on any atom is -0.347 e. The third-order valence-electron chi connectivity index (χ3n) is 2.91. The maximum atomic E-state index is 11.0. The van der Waals surface area contributed by atoms with Gasteiger partial charge in [0.25, 0.3) is 5.69 Å². The van der Waals surface area contributed by atoms with Crippen LogP contribution in [0.2, 0.25) is 5.02 Å². The SMILES string of the molecule is NCCc1cccn1Cc1ccc(Cl)cc1[N+](=O)[O-]. The average Bonchev–Trinajstić information content (AvgIpc) is 2.79. The van der Waals surface area contributed by atoms with Crippen molar-refractivity contribution in [1.29, 1.82) is 0 Å². The molecular weight excluding hydrogens is 266 g/mol. The summed E-state index contributed by atoms with van der Waals surface area (Å²) < 4.78 is 1.96. The summed E-state index contributed by atoms with van der Waals surface area (Å²) in [5.74, 6) is 0. The lowest BCUT2D eigenvalue weighted by atomic mass is 10.1. The molecule has 0 amide bonds. The van der Waals surface area contributed by atoms with E-state index < -0.39 is 4.92 Å². The number of rotatable bonds is 5. The number of nitrogens with zero attached hydrogens (tertiary/aromatic N) is 2. The van der Waals surface area contributed by atoms with Gasteiger partial charge in [0.05, 0.1) is 11.5 Å². The van der Waals surface area contributed by atoms with E-state index in [1.54, 1.807) is 12.1 Å². The minimum atomic E-state index is -0.409. The number of nitro benzene ring substituents is 1. The van der Waals surface area contributed by atoms with E-state index in [-0.39, 0.29) is 5.69 Å². The maximum absolute atomic E-state index is 11.0. The number of halogens is 1. The Balaban J connectivity index is 2.32. The number of nitro groups is 1. The van der Waals surface area contributed by atoms with Crippen LogP contribution in [0.3, 0.4) is 0 Å². The normalized spacial score (nSPS) is 10.6. The molecule has 0 aliphatic carbocycles. The van der Waals surface area contributed by atoms with E-state index in [1.165, 1.54) is 6.07 Å². The van der Waals surface area contributed by atoms with Crippen LogP contribution < -0.4 is 5.73 Å². The lowest BCUT2D eigenvalue weighted by Crippen LogP contribution is -2.10. The molecule has 1 heterocycles. The Kier molecular flexibility index (Phi) is 4.19. The standard InChI is InChI=1S/C13H14ClN3O2/c14-11-4-3-10(13(8-11)17(18)19)9-16-7-1-2-12(16)5-6-15/h1-4,7-8H,5-6,9,15H2. The first-order valence-electron chi connectivity index (χ1n) is 5.88. The lowest BCUT2D eigenvalue weighted by molar-refractivity contribution is -0.385. The summed E-state index contributed by atoms with van der Waals surface area (Å²) in [7, 11) is 0. The lowest BCUT2D eigenvalue weighted by Gasteiger charge is -2.09. The molecule has 0 atom stereocenters. The number of aromatic nitrogens is 1. The largest absolute Gasteiger partial charge is 0.347 e. The minimum absolute atomic E-state index is 0.0416. The summed E-state index contributed by atoms with van der Waals surface area (Å²) in [4.78, 5) is 10.6. The summed E-state index contributed by atoms with van der Waals surface area (Å²) in [6, 6.07) is 8.60. The first kappa shape index (κ1) is 13.6. The second-order valence-corrected chi connectivity index (χ2v) is 4.63. The fourth-order valence-electron chi connectivity index (χ4n) is 2.00. The molecule has 0 aliphatic rings. The zero-order chi connectivity index (χ0) is 13.8. The Morgan fingerprint density at radius 2 is 2.16 bits per heavy atom. The topological polar surface area (TPSA) is 74.1 Å². The molecule has 19 heavy (non-hydrogen) atoms. The number of hydrogen-bond acceptors (Lipinski definition) is 3. The van der Waals surface area contributed by atoms with E-state index >= 15 is 0 Å². The number of benzene rings is 1. The monoisotopic (exact) mass is 279 g/mol. The zero-order valence-electron chi connectivity index (χ0n) is 10.3. The first-order valence-corrected chi connectivity index (χ1v) is 6.26. The Morgan fingerprint density at radius 3 is 2.84 bits per heavy atom. The van der Waals surface area contributed by atoms with Gasteiger partial charge in [0, 0.05) is 28.5 Å². The van der Waals surface area contributed by atoms with Crippen molar-refractivity contribution in [1.82, 2.24) is 4.57 Å². The van der Waals surface area contributed by atoms with Gasteiger partial charge < -0.3 is 10.3 Å². The third-order valence-corrected chi connectivity index (χ3v) is 3.14. The van der Waals surface area contributed by atoms with E-state index in [4.69, 9.17) is 17.3 Å². The molecule has 0 fully saturated rings. The van der Waals surface area contributed by atoms with Gasteiger partial charge >= 0.3 is 0 Å². The smallest absolute Gasteiger partial charge is 0.275 e. The molecule has 0 saturated carbocycles. The van der Waals surface area contributed by atoms with Gasteiger partial charge in [0.2, 0.25) is 0 Å². The summed E-state index contributed by atoms with van der Waals surface area (Å²) in [6.45, 7) is 0.989. The van der Waals surface area contributed by atoms with Gasteiger partial charge in [-0.05, 0) is 37.2 Å². The molecule has 0 bridgehead atoms. The summed E-state index contributed by atoms with van der Waals surface area (Å²) in [6.07, 6.45) is 2.64. The van der Waals surface area contributed by atoms with Gasteiger partial charge in [0.1, 0.15) is 0 Å². The van der Waals surface area contributed by atoms with Crippen molar-refractivity contribution in [2.75, 3.05) is 6.54 Å². The molecule has 0 saturated heterocycles. The third kappa shape index (κ3) is 3.13. The average molecular weight is 280 g/mol. The molecule has 5 nitrogen and oxygen atoms in total. The van der Waals surface area contributed by atoms with Crippen LogP contribution in [0.15, 0.2) is 36.5 Å². The highest BCUT2D eigenvalue weighted by Gasteiger charge is 2.15. The van der Waals surface area contributed by atoms with Gasteiger partial charge in [-0.15, -0.1) is 0 Å². The van der Waals surface area contributed by atoms with Gasteiger partial charge in [-0.2, -0.15) is 0 Å². The molecule has 2 N–H and O–H groups in total. The molecule has 100 valence electrons. The highest BCUT2D eigenvalue weighted by Crippen LogP contribution is 2.24. The van der Waals surface area contributed by atoms with E-state index in [1.807, 2.05) is 22.9 Å². The molecule has 0 radical (unpaired) electrons. The molecule has 2 rings (SSSR count). The molecule has 1 aromatic carbocycles. The molecule has 0 unspecified atom stereocenters. The Morgan fingerprint density at radius 1 is 1.37 bits per heavy atom. The zero-order valence-corrected chi connectivity index (χ0v) is 11.0. The van der Waals surface area contributed by atoms with Crippen LogP contribution in [-0.4, -0.2) is 16.0 Å². The van der Waals surface area contributed by atoms with E-state index in [0.29, 0.717) is 23.7 Å². The second kappa shape index (κ2) is 5.86. The van der Waals surface area contributed by atoms with Crippen LogP contribution in [0.1, 0.15) is 11.3 Å². The maximum Gasteiger partial charge on any atom is 0.275 e. The predicted molar refractivity (Wildman–Crippen MR) is 74.4 cm³/mol. The summed E-state index contributed by atoms with van der Waals surface area (Å²) >= 11 is 5.80. The highest BCUT2D eigenvalue weighted by atomic mass is 35.5. The fourth-order valence-corrected chi connectivity index (χ4v) is 2.17. The Hall–Kier alpha value is -1.85. The van der Waals surface area contributed by atoms with Crippen molar-refractivity contribution in [2.45, 2.75) is 13.0 Å². The quantitative estimate of drug-likeness (QED) is 0.675. The molecule has 6 heteroatoms. The summed E-state index contributed by atoms with van der Waals surface area (Å²) in [5.41, 5.74) is 7.27. The van der Waals surface area contributed by atoms with Crippen LogP contribution in [0, 0.1) is 10.1 Å². The van der Waals surface area contributed by atoms with Crippen molar-refractivity contribution in [3.63, 3.8) is 0 Å². The van der Waals surface area contributed by atoms with Crippen molar-refractivity contribution < 1.29 is 4.92 Å². The van der Waals surface area contributed by atoms with Gasteiger partial charge in [-0.3, -0.25) is 10.1 Å². The van der Waals surface area contributed by atoms with Gasteiger partial charge in [0.15, 0.2) is 0 Å². The van der Waals surface area contributed by atoms with Crippen molar-refractivity contribution in [2.24, 2.45) is 5.73 Å². The van der Waals surface area contributed by atoms with Crippen molar-refractivity contribution in [3.05, 3.63) is 62.9 Å².